The molecule has 0 spiro atoms. The van der Waals surface area contributed by atoms with E-state index >= 15 is 0 Å². The Hall–Kier alpha value is -1.09. The quantitative estimate of drug-likeness (QED) is 0.323. The van der Waals surface area contributed by atoms with Crippen LogP contribution in [0.15, 0.2) is 11.1 Å². The average Bonchev–Trinajstić information content (AvgIpc) is 2.80. The van der Waals surface area contributed by atoms with Gasteiger partial charge in [-0.1, -0.05) is 11.8 Å². The summed E-state index contributed by atoms with van der Waals surface area (Å²) in [6.45, 7) is 5.39. The van der Waals surface area contributed by atoms with Crippen LogP contribution >= 0.6 is 11.8 Å². The molecule has 0 aromatic heterocycles. The van der Waals surface area contributed by atoms with E-state index in [-0.39, 0.29) is 17.7 Å². The van der Waals surface area contributed by atoms with Gasteiger partial charge in [-0.3, -0.25) is 20.0 Å². The highest BCUT2D eigenvalue weighted by atomic mass is 32.2. The monoisotopic (exact) mass is 286 g/mol. The molecule has 1 saturated heterocycles. The molecule has 0 radical (unpaired) electrons. The second-order valence-electron chi connectivity index (χ2n) is 4.65. The molecule has 2 heterocycles. The topological polar surface area (TPSA) is 87.9 Å². The molecule has 0 aromatic rings. The van der Waals surface area contributed by atoms with E-state index in [1.807, 2.05) is 13.8 Å². The summed E-state index contributed by atoms with van der Waals surface area (Å²) < 4.78 is 5.67. The number of hydrogen-bond donors (Lipinski definition) is 2. The summed E-state index contributed by atoms with van der Waals surface area (Å²) in [4.78, 5) is 26.3. The Kier molecular flexibility index (Phi) is 4.46. The first kappa shape index (κ1) is 14.3. The lowest BCUT2D eigenvalue weighted by Crippen LogP contribution is -2.56. The van der Waals surface area contributed by atoms with E-state index in [1.54, 1.807) is 5.41 Å². The van der Waals surface area contributed by atoms with Crippen molar-refractivity contribution in [2.45, 2.75) is 31.6 Å². The lowest BCUT2D eigenvalue weighted by molar-refractivity contribution is -0.107. The molecule has 3 N–H and O–H groups in total. The Morgan fingerprint density at radius 2 is 2.16 bits per heavy atom. The summed E-state index contributed by atoms with van der Waals surface area (Å²) in [5.41, 5.74) is 2.15. The number of nitrogens with one attached hydrogen (secondary N) is 1. The zero-order chi connectivity index (χ0) is 14.0. The molecule has 0 saturated carbocycles. The number of carbonyl (C=O) groups is 2. The number of ether oxygens (including phenoxy) is 1. The summed E-state index contributed by atoms with van der Waals surface area (Å²) in [6.07, 6.45) is 0.843. The van der Waals surface area contributed by atoms with Crippen molar-refractivity contribution in [2.24, 2.45) is 5.84 Å². The predicted octanol–water partition coefficient (Wildman–Crippen LogP) is 0.0516. The first-order valence-electron chi connectivity index (χ1n) is 6.07. The molecule has 0 aromatic carbocycles. The van der Waals surface area contributed by atoms with Gasteiger partial charge < -0.3 is 4.74 Å². The number of hydrogen-bond acceptors (Lipinski definition) is 6. The molecule has 19 heavy (non-hydrogen) atoms. The van der Waals surface area contributed by atoms with Crippen LogP contribution in [0.3, 0.4) is 0 Å². The van der Waals surface area contributed by atoms with Gasteiger partial charge in [0.25, 0.3) is 0 Å². The van der Waals surface area contributed by atoms with Gasteiger partial charge in [0.1, 0.15) is 5.50 Å². The highest BCUT2D eigenvalue weighted by Gasteiger charge is 2.38. The molecule has 2 aliphatic heterocycles. The smallest absolute Gasteiger partial charge is 0.338 e. The molecule has 1 unspecified atom stereocenters. The number of nitrogens with two attached hydrogens (primary N) is 1. The summed E-state index contributed by atoms with van der Waals surface area (Å²) in [7, 11) is 0. The van der Waals surface area contributed by atoms with Gasteiger partial charge in [-0.2, -0.15) is 0 Å². The standard InChI is InChI=1S/C11H18N4O3S/c1-7-3-14(4-8(2)18-7)11-15(10(17)13-12)9(5-16)6-19-11/h5-8,11H,3-4,12H2,1-2H3,(H,13,17)/t7-,8+,11?. The van der Waals surface area contributed by atoms with Crippen molar-refractivity contribution in [3.63, 3.8) is 0 Å². The second-order valence-corrected chi connectivity index (χ2v) is 5.58. The van der Waals surface area contributed by atoms with E-state index in [0.29, 0.717) is 25.1 Å². The number of amides is 2. The van der Waals surface area contributed by atoms with Crippen LogP contribution in [0.4, 0.5) is 4.79 Å². The number of thioether (sulfide) groups is 1. The maximum absolute atomic E-state index is 11.8. The molecule has 0 bridgehead atoms. The van der Waals surface area contributed by atoms with Crippen LogP contribution in [0.2, 0.25) is 0 Å². The fraction of sp³-hybridized carbons (Fsp3) is 0.636. The van der Waals surface area contributed by atoms with Gasteiger partial charge in [0.2, 0.25) is 0 Å². The van der Waals surface area contributed by atoms with Gasteiger partial charge >= 0.3 is 6.03 Å². The fourth-order valence-corrected chi connectivity index (χ4v) is 3.51. The van der Waals surface area contributed by atoms with E-state index < -0.39 is 6.03 Å². The van der Waals surface area contributed by atoms with Crippen molar-refractivity contribution < 1.29 is 14.3 Å². The zero-order valence-electron chi connectivity index (χ0n) is 10.9. The second kappa shape index (κ2) is 5.91. The largest absolute Gasteiger partial charge is 0.373 e. The third-order valence-electron chi connectivity index (χ3n) is 3.03. The van der Waals surface area contributed by atoms with E-state index in [0.717, 1.165) is 0 Å². The SMILES string of the molecule is C[C@@H]1CN(C2SC=C(C=O)N2C(=O)NN)C[C@H](C)O1. The Morgan fingerprint density at radius 1 is 1.53 bits per heavy atom. The molecular weight excluding hydrogens is 268 g/mol. The van der Waals surface area contributed by atoms with E-state index in [9.17, 15) is 9.59 Å². The van der Waals surface area contributed by atoms with Crippen LogP contribution < -0.4 is 11.3 Å². The van der Waals surface area contributed by atoms with E-state index in [4.69, 9.17) is 10.6 Å². The molecule has 0 aliphatic carbocycles. The summed E-state index contributed by atoms with van der Waals surface area (Å²) >= 11 is 1.42. The van der Waals surface area contributed by atoms with E-state index in [1.165, 1.54) is 16.7 Å². The number of rotatable bonds is 2. The predicted molar refractivity (Wildman–Crippen MR) is 71.7 cm³/mol. The normalized spacial score (nSPS) is 32.1. The van der Waals surface area contributed by atoms with Crippen molar-refractivity contribution >= 4 is 24.1 Å². The van der Waals surface area contributed by atoms with Gasteiger partial charge in [-0.25, -0.2) is 10.6 Å². The van der Waals surface area contributed by atoms with Crippen LogP contribution in [0.5, 0.6) is 0 Å². The number of morpholine rings is 1. The molecule has 2 amide bonds. The lowest BCUT2D eigenvalue weighted by atomic mass is 10.2. The molecule has 2 aliphatic rings. The van der Waals surface area contributed by atoms with Gasteiger partial charge in [-0.15, -0.1) is 0 Å². The Labute approximate surface area is 116 Å². The first-order chi connectivity index (χ1) is 9.06. The number of nitrogens with zero attached hydrogens (tertiary/aromatic N) is 2. The maximum Gasteiger partial charge on any atom is 0.338 e. The highest BCUT2D eigenvalue weighted by molar-refractivity contribution is 8.02. The highest BCUT2D eigenvalue weighted by Crippen LogP contribution is 2.33. The first-order valence-corrected chi connectivity index (χ1v) is 7.01. The summed E-state index contributed by atoms with van der Waals surface area (Å²) in [5.74, 6) is 5.18. The van der Waals surface area contributed by atoms with Gasteiger partial charge in [-0.05, 0) is 13.8 Å². The third kappa shape index (κ3) is 2.92. The molecule has 106 valence electrons. The Balaban J connectivity index is 2.15. The van der Waals surface area contributed by atoms with Gasteiger partial charge in [0, 0.05) is 18.5 Å². The fourth-order valence-electron chi connectivity index (χ4n) is 2.39. The van der Waals surface area contributed by atoms with Crippen LogP contribution in [-0.2, 0) is 9.53 Å². The number of aldehydes is 1. The van der Waals surface area contributed by atoms with E-state index in [2.05, 4.69) is 10.3 Å². The van der Waals surface area contributed by atoms with Crippen molar-refractivity contribution in [3.05, 3.63) is 11.1 Å². The maximum atomic E-state index is 11.8. The number of urea groups is 1. The van der Waals surface area contributed by atoms with Gasteiger partial charge in [0.15, 0.2) is 6.29 Å². The zero-order valence-corrected chi connectivity index (χ0v) is 11.7. The molecule has 8 heteroatoms. The van der Waals surface area contributed by atoms with Crippen molar-refractivity contribution in [1.29, 1.82) is 0 Å². The third-order valence-corrected chi connectivity index (χ3v) is 4.16. The summed E-state index contributed by atoms with van der Waals surface area (Å²) in [5, 5.41) is 1.68. The molecule has 1 fully saturated rings. The Bertz CT molecular complexity index is 393. The average molecular weight is 286 g/mol. The van der Waals surface area contributed by atoms with Crippen molar-refractivity contribution in [1.82, 2.24) is 15.2 Å². The molecular formula is C11H18N4O3S. The molecule has 3 atom stereocenters. The van der Waals surface area contributed by atoms with Gasteiger partial charge in [0.05, 0.1) is 17.9 Å². The van der Waals surface area contributed by atoms with Crippen molar-refractivity contribution in [2.75, 3.05) is 13.1 Å². The minimum Gasteiger partial charge on any atom is -0.373 e. The van der Waals surface area contributed by atoms with Crippen LogP contribution in [0.1, 0.15) is 13.8 Å². The van der Waals surface area contributed by atoms with Crippen molar-refractivity contribution in [3.8, 4) is 0 Å². The number of allylic oxidation sites excluding steroid dienone is 1. The number of carbonyl (C=O) groups excluding carboxylic acids is 2. The molecule has 7 nitrogen and oxygen atoms in total. The minimum atomic E-state index is -0.486. The minimum absolute atomic E-state index is 0.0902. The van der Waals surface area contributed by atoms with Crippen LogP contribution in [-0.4, -0.2) is 52.9 Å². The number of hydrazine groups is 1. The van der Waals surface area contributed by atoms with Crippen LogP contribution in [0, 0.1) is 0 Å². The lowest BCUT2D eigenvalue weighted by Gasteiger charge is -2.41. The van der Waals surface area contributed by atoms with Crippen LogP contribution in [0.25, 0.3) is 0 Å². The Morgan fingerprint density at radius 3 is 2.68 bits per heavy atom. The molecule has 2 rings (SSSR count). The summed E-state index contributed by atoms with van der Waals surface area (Å²) in [6, 6.07) is -0.486.